The van der Waals surface area contributed by atoms with Crippen molar-refractivity contribution in [3.05, 3.63) is 29.5 Å². The van der Waals surface area contributed by atoms with Crippen molar-refractivity contribution in [1.82, 2.24) is 9.38 Å². The zero-order valence-corrected chi connectivity index (χ0v) is 8.88. The van der Waals surface area contributed by atoms with Gasteiger partial charge >= 0.3 is 12.1 Å². The lowest BCUT2D eigenvalue weighted by Crippen LogP contribution is -2.30. The lowest BCUT2D eigenvalue weighted by Gasteiger charge is -2.04. The molecule has 0 aliphatic heterocycles. The SMILES string of the molecule is O=C(Nc1cn2cccc(Cl)c2n1)C(F)(F)F. The molecule has 90 valence electrons. The van der Waals surface area contributed by atoms with Gasteiger partial charge < -0.3 is 9.72 Å². The molecular formula is C9H5ClF3N3O. The van der Waals surface area contributed by atoms with E-state index >= 15 is 0 Å². The molecule has 0 aliphatic carbocycles. The predicted octanol–water partition coefficient (Wildman–Crippen LogP) is 2.49. The van der Waals surface area contributed by atoms with Crippen molar-refractivity contribution < 1.29 is 18.0 Å². The molecule has 1 N–H and O–H groups in total. The Morgan fingerprint density at radius 2 is 2.18 bits per heavy atom. The van der Waals surface area contributed by atoms with Gasteiger partial charge in [-0.05, 0) is 12.1 Å². The van der Waals surface area contributed by atoms with Crippen LogP contribution in [0, 0.1) is 0 Å². The van der Waals surface area contributed by atoms with Gasteiger partial charge in [0.25, 0.3) is 0 Å². The van der Waals surface area contributed by atoms with Crippen molar-refractivity contribution >= 4 is 29.0 Å². The number of anilines is 1. The first kappa shape index (κ1) is 11.7. The second-order valence-electron chi connectivity index (χ2n) is 3.17. The number of pyridine rings is 1. The summed E-state index contributed by atoms with van der Waals surface area (Å²) in [5.74, 6) is -2.28. The number of carbonyl (C=O) groups is 1. The monoisotopic (exact) mass is 263 g/mol. The highest BCUT2D eigenvalue weighted by Crippen LogP contribution is 2.21. The van der Waals surface area contributed by atoms with Crippen LogP contribution < -0.4 is 5.32 Å². The van der Waals surface area contributed by atoms with E-state index in [1.165, 1.54) is 10.6 Å². The molecule has 0 fully saturated rings. The van der Waals surface area contributed by atoms with Crippen molar-refractivity contribution in [3.63, 3.8) is 0 Å². The Hall–Kier alpha value is -1.76. The van der Waals surface area contributed by atoms with E-state index in [9.17, 15) is 18.0 Å². The molecule has 0 saturated carbocycles. The number of nitrogens with zero attached hydrogens (tertiary/aromatic N) is 2. The maximum absolute atomic E-state index is 12.0. The largest absolute Gasteiger partial charge is 0.471 e. The Labute approximate surface area is 98.0 Å². The molecule has 0 radical (unpaired) electrons. The van der Waals surface area contributed by atoms with Crippen LogP contribution >= 0.6 is 11.6 Å². The average Bonchev–Trinajstić information content (AvgIpc) is 2.60. The molecule has 1 amide bonds. The minimum absolute atomic E-state index is 0.208. The molecule has 2 aromatic rings. The molecule has 4 nitrogen and oxygen atoms in total. The van der Waals surface area contributed by atoms with Gasteiger partial charge in [0.05, 0.1) is 11.2 Å². The molecule has 0 atom stereocenters. The highest BCUT2D eigenvalue weighted by molar-refractivity contribution is 6.33. The molecule has 8 heteroatoms. The van der Waals surface area contributed by atoms with Gasteiger partial charge in [0.15, 0.2) is 11.5 Å². The number of amides is 1. The Morgan fingerprint density at radius 1 is 1.47 bits per heavy atom. The van der Waals surface area contributed by atoms with Gasteiger partial charge in [0, 0.05) is 6.20 Å². The van der Waals surface area contributed by atoms with Crippen LogP contribution in [0.4, 0.5) is 19.0 Å². The second-order valence-corrected chi connectivity index (χ2v) is 3.57. The zero-order chi connectivity index (χ0) is 12.6. The zero-order valence-electron chi connectivity index (χ0n) is 8.12. The Kier molecular flexibility index (Phi) is 2.70. The Balaban J connectivity index is 2.32. The fraction of sp³-hybridized carbons (Fsp3) is 0.111. The first-order chi connectivity index (χ1) is 7.88. The third-order valence-electron chi connectivity index (χ3n) is 1.93. The van der Waals surface area contributed by atoms with E-state index in [4.69, 9.17) is 11.6 Å². The van der Waals surface area contributed by atoms with Crippen LogP contribution in [0.15, 0.2) is 24.5 Å². The number of fused-ring (bicyclic) bond motifs is 1. The predicted molar refractivity (Wildman–Crippen MR) is 54.9 cm³/mol. The topological polar surface area (TPSA) is 46.4 Å². The van der Waals surface area contributed by atoms with E-state index in [-0.39, 0.29) is 16.5 Å². The van der Waals surface area contributed by atoms with Crippen LogP contribution in [0.3, 0.4) is 0 Å². The third-order valence-corrected chi connectivity index (χ3v) is 2.23. The Morgan fingerprint density at radius 3 is 2.76 bits per heavy atom. The van der Waals surface area contributed by atoms with Crippen LogP contribution in [0.5, 0.6) is 0 Å². The molecule has 0 aromatic carbocycles. The lowest BCUT2D eigenvalue weighted by atomic mass is 10.5. The summed E-state index contributed by atoms with van der Waals surface area (Å²) in [6.07, 6.45) is -2.15. The van der Waals surface area contributed by atoms with Crippen molar-refractivity contribution in [2.45, 2.75) is 6.18 Å². The number of carbonyl (C=O) groups excluding carboxylic acids is 1. The molecule has 2 rings (SSSR count). The van der Waals surface area contributed by atoms with E-state index in [0.717, 1.165) is 0 Å². The number of hydrogen-bond donors (Lipinski definition) is 1. The molecule has 0 spiro atoms. The molecule has 0 aliphatic rings. The molecule has 2 aromatic heterocycles. The van der Waals surface area contributed by atoms with Gasteiger partial charge in [-0.15, -0.1) is 0 Å². The van der Waals surface area contributed by atoms with Gasteiger partial charge in [-0.25, -0.2) is 4.98 Å². The fourth-order valence-electron chi connectivity index (χ4n) is 1.23. The molecular weight excluding hydrogens is 259 g/mol. The van der Waals surface area contributed by atoms with Gasteiger partial charge in [0.1, 0.15) is 0 Å². The quantitative estimate of drug-likeness (QED) is 0.859. The van der Waals surface area contributed by atoms with E-state index < -0.39 is 12.1 Å². The van der Waals surface area contributed by atoms with Gasteiger partial charge in [-0.3, -0.25) is 4.79 Å². The van der Waals surface area contributed by atoms with Crippen LogP contribution in [-0.4, -0.2) is 21.5 Å². The molecule has 2 heterocycles. The number of aromatic nitrogens is 2. The standard InChI is InChI=1S/C9H5ClF3N3O/c10-5-2-1-3-16-4-6(14-7(5)16)15-8(17)9(11,12)13/h1-4H,(H,15,17). The van der Waals surface area contributed by atoms with Gasteiger partial charge in [-0.1, -0.05) is 11.6 Å². The van der Waals surface area contributed by atoms with Crippen molar-refractivity contribution in [1.29, 1.82) is 0 Å². The van der Waals surface area contributed by atoms with Crippen LogP contribution in [-0.2, 0) is 4.79 Å². The number of rotatable bonds is 1. The normalized spacial score (nSPS) is 11.8. The summed E-state index contributed by atoms with van der Waals surface area (Å²) >= 11 is 5.78. The fourth-order valence-corrected chi connectivity index (χ4v) is 1.44. The van der Waals surface area contributed by atoms with Gasteiger partial charge in [-0.2, -0.15) is 13.2 Å². The van der Waals surface area contributed by atoms with E-state index in [0.29, 0.717) is 0 Å². The number of hydrogen-bond acceptors (Lipinski definition) is 2. The number of alkyl halides is 3. The number of imidazole rings is 1. The van der Waals surface area contributed by atoms with Crippen LogP contribution in [0.25, 0.3) is 5.65 Å². The molecule has 0 bridgehead atoms. The highest BCUT2D eigenvalue weighted by Gasteiger charge is 2.39. The Bertz CT molecular complexity index is 578. The first-order valence-electron chi connectivity index (χ1n) is 4.39. The van der Waals surface area contributed by atoms with Crippen molar-refractivity contribution in [2.24, 2.45) is 0 Å². The number of nitrogens with one attached hydrogen (secondary N) is 1. The maximum Gasteiger partial charge on any atom is 0.471 e. The van der Waals surface area contributed by atoms with Crippen molar-refractivity contribution in [2.75, 3.05) is 5.32 Å². The summed E-state index contributed by atoms with van der Waals surface area (Å²) in [6.45, 7) is 0. The third kappa shape index (κ3) is 2.33. The molecule has 17 heavy (non-hydrogen) atoms. The summed E-state index contributed by atoms with van der Waals surface area (Å²) in [6, 6.07) is 3.14. The maximum atomic E-state index is 12.0. The summed E-state index contributed by atoms with van der Waals surface area (Å²) in [5, 5.41) is 1.92. The first-order valence-corrected chi connectivity index (χ1v) is 4.77. The van der Waals surface area contributed by atoms with E-state index in [1.54, 1.807) is 23.6 Å². The van der Waals surface area contributed by atoms with E-state index in [1.807, 2.05) is 0 Å². The summed E-state index contributed by atoms with van der Waals surface area (Å²) in [4.78, 5) is 14.4. The van der Waals surface area contributed by atoms with Crippen LogP contribution in [0.2, 0.25) is 5.02 Å². The summed E-state index contributed by atoms with van der Waals surface area (Å²) in [5.41, 5.74) is 0.270. The van der Waals surface area contributed by atoms with E-state index in [2.05, 4.69) is 4.98 Å². The average molecular weight is 264 g/mol. The van der Waals surface area contributed by atoms with Crippen LogP contribution in [0.1, 0.15) is 0 Å². The van der Waals surface area contributed by atoms with Gasteiger partial charge in [0.2, 0.25) is 0 Å². The van der Waals surface area contributed by atoms with Crippen molar-refractivity contribution in [3.8, 4) is 0 Å². The second kappa shape index (κ2) is 3.92. The number of halogens is 4. The minimum atomic E-state index is -4.94. The smallest absolute Gasteiger partial charge is 0.304 e. The molecule has 0 saturated heterocycles. The minimum Gasteiger partial charge on any atom is -0.304 e. The highest BCUT2D eigenvalue weighted by atomic mass is 35.5. The summed E-state index contributed by atoms with van der Waals surface area (Å²) in [7, 11) is 0. The lowest BCUT2D eigenvalue weighted by molar-refractivity contribution is -0.167. The summed E-state index contributed by atoms with van der Waals surface area (Å²) < 4.78 is 37.4. The molecule has 0 unspecified atom stereocenters.